The molecule has 0 radical (unpaired) electrons. The van der Waals surface area contributed by atoms with Gasteiger partial charge in [-0.2, -0.15) is 4.31 Å². The maximum Gasteiger partial charge on any atom is 0.243 e. The lowest BCUT2D eigenvalue weighted by molar-refractivity contribution is 0.0401. The topological polar surface area (TPSA) is 81.9 Å². The maximum absolute atomic E-state index is 12.8. The minimum Gasteiger partial charge on any atom is -0.495 e. The molecular weight excluding hydrogens is 328 g/mol. The van der Waals surface area contributed by atoms with Crippen LogP contribution in [0.4, 0.5) is 0 Å². The van der Waals surface area contributed by atoms with Crippen molar-refractivity contribution in [3.63, 3.8) is 0 Å². The fourth-order valence-electron chi connectivity index (χ4n) is 2.68. The summed E-state index contributed by atoms with van der Waals surface area (Å²) in [5.74, 6) is 0.439. The van der Waals surface area contributed by atoms with E-state index in [0.29, 0.717) is 25.1 Å². The molecule has 1 aromatic rings. The van der Waals surface area contributed by atoms with Crippen molar-refractivity contribution < 1.29 is 17.9 Å². The second-order valence-corrected chi connectivity index (χ2v) is 7.48. The Balaban J connectivity index is 2.31. The maximum atomic E-state index is 12.8. The van der Waals surface area contributed by atoms with Crippen molar-refractivity contribution in [2.75, 3.05) is 27.3 Å². The van der Waals surface area contributed by atoms with E-state index in [1.165, 1.54) is 23.5 Å². The van der Waals surface area contributed by atoms with Gasteiger partial charge in [0.2, 0.25) is 10.0 Å². The lowest BCUT2D eigenvalue weighted by Crippen LogP contribution is -2.51. The number of methoxy groups -OCH3 is 2. The molecule has 1 heterocycles. The normalized spacial score (nSPS) is 23.5. The highest BCUT2D eigenvalue weighted by molar-refractivity contribution is 7.89. The Morgan fingerprint density at radius 1 is 1.41 bits per heavy atom. The molecule has 1 fully saturated rings. The van der Waals surface area contributed by atoms with E-state index in [1.54, 1.807) is 13.2 Å². The van der Waals surface area contributed by atoms with Gasteiger partial charge >= 0.3 is 0 Å². The highest BCUT2D eigenvalue weighted by Crippen LogP contribution is 2.31. The van der Waals surface area contributed by atoms with Crippen LogP contribution in [0.15, 0.2) is 23.1 Å². The molecule has 0 aromatic heterocycles. The second-order valence-electron chi connectivity index (χ2n) is 5.18. The van der Waals surface area contributed by atoms with Gasteiger partial charge < -0.3 is 15.2 Å². The van der Waals surface area contributed by atoms with Crippen LogP contribution in [-0.4, -0.2) is 52.2 Å². The van der Waals surface area contributed by atoms with Crippen LogP contribution >= 0.6 is 11.6 Å². The monoisotopic (exact) mass is 348 g/mol. The van der Waals surface area contributed by atoms with E-state index in [-0.39, 0.29) is 28.6 Å². The smallest absolute Gasteiger partial charge is 0.243 e. The molecule has 1 aliphatic rings. The molecule has 6 nitrogen and oxygen atoms in total. The van der Waals surface area contributed by atoms with Gasteiger partial charge in [-0.1, -0.05) is 11.6 Å². The first kappa shape index (κ1) is 17.5. The number of benzene rings is 1. The van der Waals surface area contributed by atoms with Gasteiger partial charge in [0.05, 0.1) is 23.1 Å². The van der Waals surface area contributed by atoms with Gasteiger partial charge in [-0.05, 0) is 31.0 Å². The van der Waals surface area contributed by atoms with Crippen molar-refractivity contribution in [2.24, 2.45) is 5.73 Å². The van der Waals surface area contributed by atoms with Gasteiger partial charge in [0.15, 0.2) is 0 Å². The summed E-state index contributed by atoms with van der Waals surface area (Å²) in [6.07, 6.45) is 1.28. The molecule has 0 aliphatic carbocycles. The van der Waals surface area contributed by atoms with Crippen LogP contribution < -0.4 is 10.5 Å². The third-order valence-corrected chi connectivity index (χ3v) is 6.19. The van der Waals surface area contributed by atoms with E-state index in [1.807, 2.05) is 0 Å². The molecule has 0 spiro atoms. The summed E-state index contributed by atoms with van der Waals surface area (Å²) in [5.41, 5.74) is 5.75. The first-order valence-electron chi connectivity index (χ1n) is 7.02. The molecule has 8 heteroatoms. The van der Waals surface area contributed by atoms with E-state index in [9.17, 15) is 8.42 Å². The fourth-order valence-corrected chi connectivity index (χ4v) is 4.69. The van der Waals surface area contributed by atoms with E-state index < -0.39 is 10.0 Å². The van der Waals surface area contributed by atoms with Crippen molar-refractivity contribution in [3.8, 4) is 5.75 Å². The molecule has 0 amide bonds. The van der Waals surface area contributed by atoms with Crippen molar-refractivity contribution >= 4 is 21.6 Å². The average molecular weight is 349 g/mol. The van der Waals surface area contributed by atoms with Gasteiger partial charge in [0.1, 0.15) is 5.75 Å². The summed E-state index contributed by atoms with van der Waals surface area (Å²) in [6.45, 7) is 0.634. The Hall–Kier alpha value is -0.860. The molecule has 1 saturated heterocycles. The van der Waals surface area contributed by atoms with Crippen LogP contribution in [0.5, 0.6) is 5.75 Å². The molecular formula is C14H21ClN2O4S. The molecule has 2 unspecified atom stereocenters. The molecule has 0 saturated carbocycles. The molecule has 0 bridgehead atoms. The molecule has 2 atom stereocenters. The van der Waals surface area contributed by atoms with Crippen LogP contribution in [0.1, 0.15) is 12.8 Å². The largest absolute Gasteiger partial charge is 0.495 e. The van der Waals surface area contributed by atoms with Gasteiger partial charge in [0.25, 0.3) is 0 Å². The molecule has 2 rings (SSSR count). The number of nitrogens with zero attached hydrogens (tertiary/aromatic N) is 1. The van der Waals surface area contributed by atoms with Gasteiger partial charge in [-0.15, -0.1) is 0 Å². The predicted molar refractivity (Wildman–Crippen MR) is 84.8 cm³/mol. The second kappa shape index (κ2) is 7.14. The Labute approximate surface area is 136 Å². The van der Waals surface area contributed by atoms with Crippen molar-refractivity contribution in [2.45, 2.75) is 29.9 Å². The summed E-state index contributed by atoms with van der Waals surface area (Å²) in [4.78, 5) is 0.146. The standard InChI is InChI=1S/C14H21ClN2O4S/c1-20-11-5-6-17(10(7-11)9-16)22(18,19)12-3-4-14(21-2)13(15)8-12/h3-4,8,10-11H,5-7,9,16H2,1-2H3. The summed E-state index contributed by atoms with van der Waals surface area (Å²) >= 11 is 6.04. The lowest BCUT2D eigenvalue weighted by atomic mass is 10.0. The van der Waals surface area contributed by atoms with Crippen LogP contribution in [0, 0.1) is 0 Å². The molecule has 124 valence electrons. The lowest BCUT2D eigenvalue weighted by Gasteiger charge is -2.37. The van der Waals surface area contributed by atoms with Gasteiger partial charge in [-0.3, -0.25) is 0 Å². The molecule has 22 heavy (non-hydrogen) atoms. The fraction of sp³-hybridized carbons (Fsp3) is 0.571. The molecule has 1 aromatic carbocycles. The number of hydrogen-bond acceptors (Lipinski definition) is 5. The van der Waals surface area contributed by atoms with Crippen LogP contribution in [-0.2, 0) is 14.8 Å². The highest BCUT2D eigenvalue weighted by Gasteiger charge is 2.36. The molecule has 2 N–H and O–H groups in total. The van der Waals surface area contributed by atoms with Crippen LogP contribution in [0.3, 0.4) is 0 Å². The number of ether oxygens (including phenoxy) is 2. The Bertz CT molecular complexity index is 623. The number of halogens is 1. The quantitative estimate of drug-likeness (QED) is 0.871. The zero-order valence-corrected chi connectivity index (χ0v) is 14.2. The van der Waals surface area contributed by atoms with E-state index >= 15 is 0 Å². The minimum atomic E-state index is -3.64. The number of hydrogen-bond donors (Lipinski definition) is 1. The predicted octanol–water partition coefficient (Wildman–Crippen LogP) is 1.48. The van der Waals surface area contributed by atoms with E-state index in [2.05, 4.69) is 0 Å². The number of sulfonamides is 1. The zero-order valence-electron chi connectivity index (χ0n) is 12.7. The van der Waals surface area contributed by atoms with Crippen LogP contribution in [0.2, 0.25) is 5.02 Å². The number of piperidine rings is 1. The minimum absolute atomic E-state index is 0.0412. The average Bonchev–Trinajstić information content (AvgIpc) is 2.53. The summed E-state index contributed by atoms with van der Waals surface area (Å²) in [6, 6.07) is 4.18. The highest BCUT2D eigenvalue weighted by atomic mass is 35.5. The summed E-state index contributed by atoms with van der Waals surface area (Å²) in [7, 11) is -0.533. The van der Waals surface area contributed by atoms with Crippen molar-refractivity contribution in [1.82, 2.24) is 4.31 Å². The number of nitrogens with two attached hydrogens (primary N) is 1. The summed E-state index contributed by atoms with van der Waals surface area (Å²) in [5, 5.41) is 0.264. The van der Waals surface area contributed by atoms with Crippen LogP contribution in [0.25, 0.3) is 0 Å². The summed E-state index contributed by atoms with van der Waals surface area (Å²) < 4.78 is 37.5. The third-order valence-electron chi connectivity index (χ3n) is 3.95. The van der Waals surface area contributed by atoms with E-state index in [4.69, 9.17) is 26.8 Å². The first-order valence-corrected chi connectivity index (χ1v) is 8.84. The Kier molecular flexibility index (Phi) is 5.68. The van der Waals surface area contributed by atoms with Gasteiger partial charge in [0, 0.05) is 26.2 Å². The zero-order chi connectivity index (χ0) is 16.3. The molecule has 1 aliphatic heterocycles. The Morgan fingerprint density at radius 2 is 2.14 bits per heavy atom. The van der Waals surface area contributed by atoms with Crippen molar-refractivity contribution in [1.29, 1.82) is 0 Å². The van der Waals surface area contributed by atoms with E-state index in [0.717, 1.165) is 0 Å². The number of rotatable bonds is 5. The van der Waals surface area contributed by atoms with Gasteiger partial charge in [-0.25, -0.2) is 8.42 Å². The first-order chi connectivity index (χ1) is 10.4. The SMILES string of the molecule is COc1ccc(S(=O)(=O)N2CCC(OC)CC2CN)cc1Cl. The Morgan fingerprint density at radius 3 is 2.68 bits per heavy atom. The van der Waals surface area contributed by atoms with Crippen molar-refractivity contribution in [3.05, 3.63) is 23.2 Å². The third kappa shape index (κ3) is 3.38.